The van der Waals surface area contributed by atoms with Crippen LogP contribution in [0.25, 0.3) is 10.9 Å². The second kappa shape index (κ2) is 6.89. The average molecular weight is 336 g/mol. The fourth-order valence-electron chi connectivity index (χ4n) is 3.06. The van der Waals surface area contributed by atoms with Crippen molar-refractivity contribution in [3.63, 3.8) is 0 Å². The molecule has 0 bridgehead atoms. The van der Waals surface area contributed by atoms with E-state index in [1.54, 1.807) is 0 Å². The van der Waals surface area contributed by atoms with Gasteiger partial charge in [-0.2, -0.15) is 0 Å². The molecule has 5 heteroatoms. The molecule has 0 radical (unpaired) electrons. The number of benzene rings is 2. The van der Waals surface area contributed by atoms with E-state index in [1.807, 2.05) is 36.4 Å². The quantitative estimate of drug-likeness (QED) is 0.729. The van der Waals surface area contributed by atoms with Crippen LogP contribution < -0.4 is 14.8 Å². The zero-order valence-corrected chi connectivity index (χ0v) is 13.9. The van der Waals surface area contributed by atoms with Crippen LogP contribution in [0.3, 0.4) is 0 Å². The largest absolute Gasteiger partial charge is 0.485 e. The first-order chi connectivity index (χ1) is 12.3. The lowest BCUT2D eigenvalue weighted by molar-refractivity contribution is -0.130. The Bertz CT molecular complexity index is 887. The van der Waals surface area contributed by atoms with Gasteiger partial charge in [-0.05, 0) is 36.1 Å². The summed E-state index contributed by atoms with van der Waals surface area (Å²) < 4.78 is 13.5. The maximum Gasteiger partial charge on any atom is 0.264 e. The summed E-state index contributed by atoms with van der Waals surface area (Å²) in [6, 6.07) is 17.8. The van der Waals surface area contributed by atoms with Crippen molar-refractivity contribution in [1.29, 1.82) is 0 Å². The van der Waals surface area contributed by atoms with Crippen molar-refractivity contribution in [3.8, 4) is 11.5 Å². The molecule has 1 aliphatic heterocycles. The lowest BCUT2D eigenvalue weighted by Gasteiger charge is -2.25. The van der Waals surface area contributed by atoms with E-state index >= 15 is 0 Å². The van der Waals surface area contributed by atoms with E-state index in [0.29, 0.717) is 18.0 Å². The van der Waals surface area contributed by atoms with Gasteiger partial charge >= 0.3 is 0 Å². The molecule has 1 unspecified atom stereocenters. The van der Waals surface area contributed by atoms with Crippen LogP contribution in [0.15, 0.2) is 60.8 Å². The maximum absolute atomic E-state index is 12.3. The van der Waals surface area contributed by atoms with Crippen LogP contribution in [-0.4, -0.2) is 29.7 Å². The monoisotopic (exact) mass is 336 g/mol. The summed E-state index contributed by atoms with van der Waals surface area (Å²) in [6.45, 7) is 1.70. The molecule has 1 aromatic heterocycles. The summed E-state index contributed by atoms with van der Waals surface area (Å²) >= 11 is 0. The number of fused-ring (bicyclic) bond motifs is 2. The summed E-state index contributed by atoms with van der Waals surface area (Å²) in [4.78, 5) is 12.3. The smallest absolute Gasteiger partial charge is 0.264 e. The van der Waals surface area contributed by atoms with Gasteiger partial charge in [0.05, 0.1) is 0 Å². The third-order valence-corrected chi connectivity index (χ3v) is 4.36. The van der Waals surface area contributed by atoms with Gasteiger partial charge in [-0.25, -0.2) is 0 Å². The van der Waals surface area contributed by atoms with Crippen molar-refractivity contribution in [1.82, 2.24) is 9.88 Å². The Kier molecular flexibility index (Phi) is 4.29. The zero-order valence-electron chi connectivity index (χ0n) is 13.9. The first kappa shape index (κ1) is 15.6. The Morgan fingerprint density at radius 3 is 2.80 bits per heavy atom. The van der Waals surface area contributed by atoms with Crippen molar-refractivity contribution in [2.75, 3.05) is 13.2 Å². The fraction of sp³-hybridized carbons (Fsp3) is 0.250. The van der Waals surface area contributed by atoms with Gasteiger partial charge in [0.2, 0.25) is 6.10 Å². The molecule has 1 amide bonds. The highest BCUT2D eigenvalue weighted by atomic mass is 16.6. The van der Waals surface area contributed by atoms with Crippen LogP contribution >= 0.6 is 0 Å². The molecular formula is C20H20N2O3. The van der Waals surface area contributed by atoms with E-state index in [9.17, 15) is 4.79 Å². The minimum absolute atomic E-state index is 0.133. The molecule has 0 saturated heterocycles. The van der Waals surface area contributed by atoms with Crippen LogP contribution in [-0.2, 0) is 11.3 Å². The summed E-state index contributed by atoms with van der Waals surface area (Å²) in [5, 5.41) is 4.17. The number of carbonyl (C=O) groups excluding carboxylic acids is 1. The number of rotatable bonds is 5. The fourth-order valence-corrected chi connectivity index (χ4v) is 3.06. The van der Waals surface area contributed by atoms with Gasteiger partial charge in [0.25, 0.3) is 5.91 Å². The standard InChI is InChI=1S/C20H20N2O3/c23-20(19-14-24-17-8-3-4-9-18(17)25-19)21-11-5-12-22-13-10-15-6-1-2-7-16(15)22/h1-4,6-10,13,19H,5,11-12,14H2,(H,21,23). The molecule has 1 N–H and O–H groups in total. The van der Waals surface area contributed by atoms with E-state index in [-0.39, 0.29) is 12.5 Å². The molecule has 0 spiro atoms. The second-order valence-electron chi connectivity index (χ2n) is 6.08. The number of hydrogen-bond acceptors (Lipinski definition) is 3. The van der Waals surface area contributed by atoms with Crippen LogP contribution in [0, 0.1) is 0 Å². The van der Waals surface area contributed by atoms with Crippen molar-refractivity contribution < 1.29 is 14.3 Å². The lowest BCUT2D eigenvalue weighted by atomic mass is 10.2. The molecule has 2 aromatic carbocycles. The number of hydrogen-bond donors (Lipinski definition) is 1. The van der Waals surface area contributed by atoms with E-state index in [1.165, 1.54) is 10.9 Å². The minimum Gasteiger partial charge on any atom is -0.485 e. The normalized spacial score (nSPS) is 15.9. The first-order valence-corrected chi connectivity index (χ1v) is 8.51. The Labute approximate surface area is 146 Å². The number of amides is 1. The second-order valence-corrected chi connectivity index (χ2v) is 6.08. The Balaban J connectivity index is 1.27. The number of nitrogens with zero attached hydrogens (tertiary/aromatic N) is 1. The minimum atomic E-state index is -0.595. The van der Waals surface area contributed by atoms with Gasteiger partial charge < -0.3 is 19.4 Å². The van der Waals surface area contributed by atoms with Crippen LogP contribution in [0.2, 0.25) is 0 Å². The molecule has 25 heavy (non-hydrogen) atoms. The Morgan fingerprint density at radius 2 is 1.88 bits per heavy atom. The third kappa shape index (κ3) is 3.31. The molecule has 1 atom stereocenters. The van der Waals surface area contributed by atoms with Crippen molar-refractivity contribution >= 4 is 16.8 Å². The van der Waals surface area contributed by atoms with E-state index in [4.69, 9.17) is 9.47 Å². The number of ether oxygens (including phenoxy) is 2. The predicted octanol–water partition coefficient (Wildman–Crippen LogP) is 2.99. The number of aromatic nitrogens is 1. The lowest BCUT2D eigenvalue weighted by Crippen LogP contribution is -2.44. The van der Waals surface area contributed by atoms with Crippen LogP contribution in [0.1, 0.15) is 6.42 Å². The number of carbonyl (C=O) groups is 1. The molecule has 1 aliphatic rings. The van der Waals surface area contributed by atoms with Crippen molar-refractivity contribution in [2.24, 2.45) is 0 Å². The molecule has 2 heterocycles. The zero-order chi connectivity index (χ0) is 17.1. The topological polar surface area (TPSA) is 52.5 Å². The van der Waals surface area contributed by atoms with Gasteiger partial charge in [0.15, 0.2) is 11.5 Å². The summed E-state index contributed by atoms with van der Waals surface area (Å²) in [6.07, 6.45) is 2.35. The molecule has 3 aromatic rings. The SMILES string of the molecule is O=C(NCCCn1ccc2ccccc21)C1COc2ccccc2O1. The Hall–Kier alpha value is -2.95. The highest BCUT2D eigenvalue weighted by Gasteiger charge is 2.26. The van der Waals surface area contributed by atoms with Crippen LogP contribution in [0.5, 0.6) is 11.5 Å². The van der Waals surface area contributed by atoms with Gasteiger partial charge in [-0.15, -0.1) is 0 Å². The molecule has 128 valence electrons. The molecule has 5 nitrogen and oxygen atoms in total. The van der Waals surface area contributed by atoms with Gasteiger partial charge in [0.1, 0.15) is 6.61 Å². The number of para-hydroxylation sites is 3. The maximum atomic E-state index is 12.3. The third-order valence-electron chi connectivity index (χ3n) is 4.36. The van der Waals surface area contributed by atoms with Crippen LogP contribution in [0.4, 0.5) is 0 Å². The summed E-state index contributed by atoms with van der Waals surface area (Å²) in [5.41, 5.74) is 1.22. The van der Waals surface area contributed by atoms with Crippen molar-refractivity contribution in [2.45, 2.75) is 19.1 Å². The Morgan fingerprint density at radius 1 is 1.08 bits per heavy atom. The summed E-state index contributed by atoms with van der Waals surface area (Å²) in [5.74, 6) is 1.17. The van der Waals surface area contributed by atoms with E-state index in [0.717, 1.165) is 13.0 Å². The molecular weight excluding hydrogens is 316 g/mol. The van der Waals surface area contributed by atoms with Gasteiger partial charge in [-0.3, -0.25) is 4.79 Å². The van der Waals surface area contributed by atoms with Gasteiger partial charge in [0, 0.05) is 24.8 Å². The highest BCUT2D eigenvalue weighted by molar-refractivity contribution is 5.82. The summed E-state index contributed by atoms with van der Waals surface area (Å²) in [7, 11) is 0. The highest BCUT2D eigenvalue weighted by Crippen LogP contribution is 2.30. The molecule has 4 rings (SSSR count). The van der Waals surface area contributed by atoms with E-state index < -0.39 is 6.10 Å². The van der Waals surface area contributed by atoms with Crippen molar-refractivity contribution in [3.05, 3.63) is 60.8 Å². The molecule has 0 aliphatic carbocycles. The predicted molar refractivity (Wildman–Crippen MR) is 95.9 cm³/mol. The average Bonchev–Trinajstić information content (AvgIpc) is 3.08. The van der Waals surface area contributed by atoms with Gasteiger partial charge in [-0.1, -0.05) is 30.3 Å². The number of aryl methyl sites for hydroxylation is 1. The molecule has 0 saturated carbocycles. The number of nitrogens with one attached hydrogen (secondary N) is 1. The molecule has 0 fully saturated rings. The van der Waals surface area contributed by atoms with E-state index in [2.05, 4.69) is 34.3 Å². The first-order valence-electron chi connectivity index (χ1n) is 8.51.